The number of H-pyrrole nitrogens is 2. The third kappa shape index (κ3) is 3.07. The summed E-state index contributed by atoms with van der Waals surface area (Å²) in [5, 5.41) is 2.76. The van der Waals surface area contributed by atoms with Crippen LogP contribution in [0.4, 0.5) is 4.39 Å². The molecule has 2 aromatic heterocycles. The molecule has 0 spiro atoms. The molecule has 0 saturated carbocycles. The standard InChI is InChI=1S/C14H14FN5O/c15-9-3-4-10-11(8-9)20-12(19-10)2-1-5-18-14(21)13-16-6-7-17-13/h3-4,6-8H,1-2,5H2,(H,16,17)(H,18,21)(H,19,20). The first kappa shape index (κ1) is 13.3. The van der Waals surface area contributed by atoms with E-state index < -0.39 is 0 Å². The van der Waals surface area contributed by atoms with Gasteiger partial charge in [0.15, 0.2) is 5.82 Å². The number of carbonyl (C=O) groups excluding carboxylic acids is 1. The molecule has 108 valence electrons. The van der Waals surface area contributed by atoms with Gasteiger partial charge in [-0.15, -0.1) is 0 Å². The monoisotopic (exact) mass is 287 g/mol. The Morgan fingerprint density at radius 2 is 2.29 bits per heavy atom. The summed E-state index contributed by atoms with van der Waals surface area (Å²) in [6.45, 7) is 0.519. The Hall–Kier alpha value is -2.70. The molecule has 0 saturated heterocycles. The molecular weight excluding hydrogens is 273 g/mol. The molecule has 0 atom stereocenters. The lowest BCUT2D eigenvalue weighted by atomic mass is 10.3. The van der Waals surface area contributed by atoms with Gasteiger partial charge in [0.25, 0.3) is 5.91 Å². The van der Waals surface area contributed by atoms with E-state index in [0.717, 1.165) is 17.8 Å². The van der Waals surface area contributed by atoms with E-state index in [1.165, 1.54) is 18.3 Å². The summed E-state index contributed by atoms with van der Waals surface area (Å²) in [4.78, 5) is 25.7. The average Bonchev–Trinajstić information content (AvgIpc) is 3.11. The predicted octanol–water partition coefficient (Wildman–Crippen LogP) is 1.79. The number of amides is 1. The molecule has 3 rings (SSSR count). The summed E-state index contributed by atoms with van der Waals surface area (Å²) in [5.74, 6) is 0.562. The van der Waals surface area contributed by atoms with Crippen molar-refractivity contribution in [1.29, 1.82) is 0 Å². The Kier molecular flexibility index (Phi) is 3.63. The van der Waals surface area contributed by atoms with E-state index >= 15 is 0 Å². The second-order valence-electron chi connectivity index (χ2n) is 4.64. The molecule has 3 N–H and O–H groups in total. The SMILES string of the molecule is O=C(NCCCc1nc2ccc(F)cc2[nH]1)c1ncc[nH]1. The van der Waals surface area contributed by atoms with Gasteiger partial charge in [-0.3, -0.25) is 4.79 Å². The van der Waals surface area contributed by atoms with E-state index in [1.807, 2.05) is 0 Å². The minimum Gasteiger partial charge on any atom is -0.349 e. The molecule has 0 radical (unpaired) electrons. The predicted molar refractivity (Wildman–Crippen MR) is 75.3 cm³/mol. The highest BCUT2D eigenvalue weighted by Gasteiger charge is 2.07. The van der Waals surface area contributed by atoms with Crippen LogP contribution >= 0.6 is 0 Å². The number of hydrogen-bond donors (Lipinski definition) is 3. The Morgan fingerprint density at radius 3 is 3.10 bits per heavy atom. The van der Waals surface area contributed by atoms with Gasteiger partial charge >= 0.3 is 0 Å². The highest BCUT2D eigenvalue weighted by Crippen LogP contribution is 2.13. The lowest BCUT2D eigenvalue weighted by Crippen LogP contribution is -2.25. The molecule has 0 fully saturated rings. The van der Waals surface area contributed by atoms with Crippen LogP contribution in [0.15, 0.2) is 30.6 Å². The molecular formula is C14H14FN5O. The molecule has 0 bridgehead atoms. The first-order valence-electron chi connectivity index (χ1n) is 6.64. The molecule has 7 heteroatoms. The maximum atomic E-state index is 13.1. The summed E-state index contributed by atoms with van der Waals surface area (Å²) in [7, 11) is 0. The number of fused-ring (bicyclic) bond motifs is 1. The molecule has 0 aliphatic carbocycles. The zero-order valence-electron chi connectivity index (χ0n) is 11.2. The normalized spacial score (nSPS) is 10.9. The third-order valence-corrected chi connectivity index (χ3v) is 3.08. The number of hydrogen-bond acceptors (Lipinski definition) is 3. The van der Waals surface area contributed by atoms with Crippen molar-refractivity contribution in [2.75, 3.05) is 6.54 Å². The summed E-state index contributed by atoms with van der Waals surface area (Å²) in [6.07, 6.45) is 4.54. The largest absolute Gasteiger partial charge is 0.349 e. The second kappa shape index (κ2) is 5.74. The van der Waals surface area contributed by atoms with Crippen LogP contribution in [0.2, 0.25) is 0 Å². The van der Waals surface area contributed by atoms with Crippen LogP contribution in [0.25, 0.3) is 11.0 Å². The zero-order valence-corrected chi connectivity index (χ0v) is 11.2. The number of nitrogens with one attached hydrogen (secondary N) is 3. The highest BCUT2D eigenvalue weighted by atomic mass is 19.1. The number of halogens is 1. The van der Waals surface area contributed by atoms with E-state index in [2.05, 4.69) is 25.3 Å². The Balaban J connectivity index is 1.51. The average molecular weight is 287 g/mol. The summed E-state index contributed by atoms with van der Waals surface area (Å²) in [5.41, 5.74) is 1.43. The van der Waals surface area contributed by atoms with Crippen LogP contribution in [0.1, 0.15) is 22.9 Å². The minimum atomic E-state index is -0.289. The number of aryl methyl sites for hydroxylation is 1. The van der Waals surface area contributed by atoms with E-state index in [9.17, 15) is 9.18 Å². The molecule has 6 nitrogen and oxygen atoms in total. The quantitative estimate of drug-likeness (QED) is 0.625. The van der Waals surface area contributed by atoms with Gasteiger partial charge in [0.1, 0.15) is 11.6 Å². The molecule has 0 aliphatic heterocycles. The van der Waals surface area contributed by atoms with Gasteiger partial charge in [0.2, 0.25) is 0 Å². The first-order valence-corrected chi connectivity index (χ1v) is 6.64. The number of carbonyl (C=O) groups is 1. The van der Waals surface area contributed by atoms with Crippen molar-refractivity contribution in [2.24, 2.45) is 0 Å². The summed E-state index contributed by atoms with van der Waals surface area (Å²) >= 11 is 0. The smallest absolute Gasteiger partial charge is 0.287 e. The van der Waals surface area contributed by atoms with E-state index in [4.69, 9.17) is 0 Å². The first-order chi connectivity index (χ1) is 10.2. The number of aromatic amines is 2. The van der Waals surface area contributed by atoms with Gasteiger partial charge in [-0.2, -0.15) is 0 Å². The van der Waals surface area contributed by atoms with Gasteiger partial charge in [-0.25, -0.2) is 14.4 Å². The van der Waals surface area contributed by atoms with E-state index in [0.29, 0.717) is 24.3 Å². The van der Waals surface area contributed by atoms with Gasteiger partial charge in [0.05, 0.1) is 11.0 Å². The van der Waals surface area contributed by atoms with Crippen LogP contribution in [0.5, 0.6) is 0 Å². The number of imidazole rings is 2. The second-order valence-corrected chi connectivity index (χ2v) is 4.64. The zero-order chi connectivity index (χ0) is 14.7. The van der Waals surface area contributed by atoms with Crippen molar-refractivity contribution in [1.82, 2.24) is 25.3 Å². The summed E-state index contributed by atoms with van der Waals surface area (Å²) in [6, 6.07) is 4.45. The topological polar surface area (TPSA) is 86.5 Å². The minimum absolute atomic E-state index is 0.230. The number of aromatic nitrogens is 4. The molecule has 3 aromatic rings. The van der Waals surface area contributed by atoms with Gasteiger partial charge in [-0.05, 0) is 24.6 Å². The molecule has 1 aromatic carbocycles. The van der Waals surface area contributed by atoms with Crippen molar-refractivity contribution in [3.8, 4) is 0 Å². The number of nitrogens with zero attached hydrogens (tertiary/aromatic N) is 2. The van der Waals surface area contributed by atoms with Crippen molar-refractivity contribution < 1.29 is 9.18 Å². The van der Waals surface area contributed by atoms with Gasteiger partial charge < -0.3 is 15.3 Å². The molecule has 0 unspecified atom stereocenters. The van der Waals surface area contributed by atoms with E-state index in [-0.39, 0.29) is 11.7 Å². The molecule has 21 heavy (non-hydrogen) atoms. The van der Waals surface area contributed by atoms with Crippen LogP contribution in [-0.4, -0.2) is 32.4 Å². The van der Waals surface area contributed by atoms with Crippen molar-refractivity contribution in [3.63, 3.8) is 0 Å². The maximum Gasteiger partial charge on any atom is 0.287 e. The number of rotatable bonds is 5. The Bertz CT molecular complexity index is 750. The molecule has 1 amide bonds. The van der Waals surface area contributed by atoms with Crippen LogP contribution < -0.4 is 5.32 Å². The van der Waals surface area contributed by atoms with Crippen LogP contribution in [-0.2, 0) is 6.42 Å². The lowest BCUT2D eigenvalue weighted by molar-refractivity contribution is 0.0943. The van der Waals surface area contributed by atoms with Crippen LogP contribution in [0, 0.1) is 5.82 Å². The Labute approximate surface area is 119 Å². The maximum absolute atomic E-state index is 13.1. The fraction of sp³-hybridized carbons (Fsp3) is 0.214. The molecule has 0 aliphatic rings. The van der Waals surface area contributed by atoms with Crippen LogP contribution in [0.3, 0.4) is 0 Å². The van der Waals surface area contributed by atoms with Gasteiger partial charge in [-0.1, -0.05) is 0 Å². The van der Waals surface area contributed by atoms with E-state index in [1.54, 1.807) is 12.3 Å². The highest BCUT2D eigenvalue weighted by molar-refractivity contribution is 5.90. The fourth-order valence-electron chi connectivity index (χ4n) is 2.08. The summed E-state index contributed by atoms with van der Waals surface area (Å²) < 4.78 is 13.1. The van der Waals surface area contributed by atoms with Crippen molar-refractivity contribution in [3.05, 3.63) is 48.1 Å². The van der Waals surface area contributed by atoms with Gasteiger partial charge in [0, 0.05) is 25.4 Å². The molecule has 2 heterocycles. The Morgan fingerprint density at radius 1 is 1.38 bits per heavy atom. The van der Waals surface area contributed by atoms with Crippen molar-refractivity contribution in [2.45, 2.75) is 12.8 Å². The number of benzene rings is 1. The lowest BCUT2D eigenvalue weighted by Gasteiger charge is -2.01. The third-order valence-electron chi connectivity index (χ3n) is 3.08. The van der Waals surface area contributed by atoms with Crippen molar-refractivity contribution >= 4 is 16.9 Å². The fourth-order valence-corrected chi connectivity index (χ4v) is 2.08.